The highest BCUT2D eigenvalue weighted by Crippen LogP contribution is 2.19. The zero-order valence-electron chi connectivity index (χ0n) is 20.1. The Morgan fingerprint density at radius 2 is 1.76 bits per heavy atom. The maximum Gasteiger partial charge on any atom is 0.269 e. The third-order valence-corrected chi connectivity index (χ3v) is 7.37. The monoisotopic (exact) mass is 476 g/mol. The predicted octanol–water partition coefficient (Wildman–Crippen LogP) is 3.74. The molecule has 4 rings (SSSR count). The third kappa shape index (κ3) is 5.55. The van der Waals surface area contributed by atoms with E-state index in [9.17, 15) is 14.4 Å². The summed E-state index contributed by atoms with van der Waals surface area (Å²) in [5.41, 5.74) is 0.114. The molecule has 0 radical (unpaired) electrons. The van der Waals surface area contributed by atoms with E-state index in [1.807, 2.05) is 69.3 Å². The Balaban J connectivity index is 1.77. The van der Waals surface area contributed by atoms with Crippen LogP contribution in [0.2, 0.25) is 0 Å². The van der Waals surface area contributed by atoms with Crippen LogP contribution in [0.4, 0.5) is 0 Å². The number of ketones is 1. The first-order chi connectivity index (χ1) is 16.2. The van der Waals surface area contributed by atoms with Crippen molar-refractivity contribution in [1.82, 2.24) is 9.88 Å². The minimum Gasteiger partial charge on any atom is -0.352 e. The molecule has 2 aromatic carbocycles. The first-order valence-electron chi connectivity index (χ1n) is 12.0. The molecule has 0 bridgehead atoms. The first kappa shape index (κ1) is 24.1. The summed E-state index contributed by atoms with van der Waals surface area (Å²) >= 11 is 1.26. The number of carbonyl (C=O) groups is 2. The highest BCUT2D eigenvalue weighted by Gasteiger charge is 2.21. The first-order valence-corrected chi connectivity index (χ1v) is 12.8. The molecule has 0 unspecified atom stereocenters. The Bertz CT molecular complexity index is 1380. The maximum absolute atomic E-state index is 13.4. The molecular formula is C28H32N2O3S. The number of nitrogens with zero attached hydrogens (tertiary/aromatic N) is 1. The molecule has 1 N–H and O–H groups in total. The molecule has 6 heteroatoms. The molecule has 0 aliphatic heterocycles. The van der Waals surface area contributed by atoms with Crippen LogP contribution in [0.3, 0.4) is 0 Å². The van der Waals surface area contributed by atoms with Gasteiger partial charge in [0.15, 0.2) is 5.78 Å². The molecule has 1 fully saturated rings. The zero-order chi connectivity index (χ0) is 24.3. The molecule has 1 amide bonds. The quantitative estimate of drug-likeness (QED) is 0.610. The number of benzene rings is 2. The summed E-state index contributed by atoms with van der Waals surface area (Å²) in [7, 11) is 0. The van der Waals surface area contributed by atoms with Crippen molar-refractivity contribution in [2.24, 2.45) is 5.41 Å². The van der Waals surface area contributed by atoms with Gasteiger partial charge in [0.2, 0.25) is 5.91 Å². The van der Waals surface area contributed by atoms with Crippen LogP contribution in [-0.4, -0.2) is 22.3 Å². The smallest absolute Gasteiger partial charge is 0.269 e. The van der Waals surface area contributed by atoms with Crippen LogP contribution in [0.15, 0.2) is 47.3 Å². The Hall–Kier alpha value is -2.99. The average Bonchev–Trinajstić information content (AvgIpc) is 3.08. The van der Waals surface area contributed by atoms with Crippen molar-refractivity contribution < 1.29 is 9.59 Å². The average molecular weight is 477 g/mol. The summed E-state index contributed by atoms with van der Waals surface area (Å²) in [6.45, 7) is 5.46. The van der Waals surface area contributed by atoms with E-state index in [-0.39, 0.29) is 29.8 Å². The Morgan fingerprint density at radius 3 is 2.50 bits per heavy atom. The second kappa shape index (κ2) is 10.1. The SMILES string of the molecule is CC(C)(C)C(=O)/C=c1/s/c(=C\c2cccc3ccccc23)c(=O)n1CC(=O)NC1CCCCC1. The number of hydrogen-bond donors (Lipinski definition) is 1. The number of Topliss-reactive ketones (excluding diaryl/α,β-unsaturated/α-hetero) is 1. The van der Waals surface area contributed by atoms with Crippen molar-refractivity contribution in [3.63, 3.8) is 0 Å². The Kier molecular flexibility index (Phi) is 7.17. The van der Waals surface area contributed by atoms with Gasteiger partial charge in [-0.3, -0.25) is 19.0 Å². The van der Waals surface area contributed by atoms with Crippen molar-refractivity contribution in [2.45, 2.75) is 65.5 Å². The van der Waals surface area contributed by atoms with E-state index in [1.54, 1.807) is 0 Å². The van der Waals surface area contributed by atoms with Crippen LogP contribution >= 0.6 is 11.3 Å². The highest BCUT2D eigenvalue weighted by atomic mass is 32.1. The van der Waals surface area contributed by atoms with Gasteiger partial charge in [0.25, 0.3) is 5.56 Å². The van der Waals surface area contributed by atoms with Crippen LogP contribution in [0.5, 0.6) is 0 Å². The van der Waals surface area contributed by atoms with Gasteiger partial charge in [0, 0.05) is 17.5 Å². The molecule has 34 heavy (non-hydrogen) atoms. The van der Waals surface area contributed by atoms with Gasteiger partial charge in [0.1, 0.15) is 11.2 Å². The van der Waals surface area contributed by atoms with E-state index in [0.29, 0.717) is 9.20 Å². The van der Waals surface area contributed by atoms with Crippen molar-refractivity contribution >= 4 is 46.0 Å². The van der Waals surface area contributed by atoms with Crippen LogP contribution in [-0.2, 0) is 16.1 Å². The van der Waals surface area contributed by atoms with Crippen LogP contribution < -0.4 is 20.1 Å². The van der Waals surface area contributed by atoms with Gasteiger partial charge in [-0.1, -0.05) is 82.5 Å². The van der Waals surface area contributed by atoms with Gasteiger partial charge in [-0.05, 0) is 35.3 Å². The van der Waals surface area contributed by atoms with Crippen molar-refractivity contribution in [2.75, 3.05) is 0 Å². The molecule has 5 nitrogen and oxygen atoms in total. The molecule has 0 atom stereocenters. The van der Waals surface area contributed by atoms with E-state index in [4.69, 9.17) is 0 Å². The molecule has 0 saturated heterocycles. The van der Waals surface area contributed by atoms with Crippen molar-refractivity contribution in [1.29, 1.82) is 0 Å². The number of fused-ring (bicyclic) bond motifs is 1. The van der Waals surface area contributed by atoms with Crippen LogP contribution in [0.25, 0.3) is 22.9 Å². The summed E-state index contributed by atoms with van der Waals surface area (Å²) in [5, 5.41) is 5.23. The molecule has 1 aliphatic carbocycles. The summed E-state index contributed by atoms with van der Waals surface area (Å²) in [6, 6.07) is 14.2. The van der Waals surface area contributed by atoms with Crippen molar-refractivity contribution in [3.05, 3.63) is 67.6 Å². The van der Waals surface area contributed by atoms with Gasteiger partial charge in [-0.25, -0.2) is 0 Å². The summed E-state index contributed by atoms with van der Waals surface area (Å²) in [5.74, 6) is -0.256. The van der Waals surface area contributed by atoms with Gasteiger partial charge in [0.05, 0.1) is 4.53 Å². The summed E-state index contributed by atoms with van der Waals surface area (Å²) in [4.78, 5) is 39.0. The Morgan fingerprint density at radius 1 is 1.06 bits per heavy atom. The van der Waals surface area contributed by atoms with E-state index in [1.165, 1.54) is 28.4 Å². The Labute approximate surface area is 203 Å². The zero-order valence-corrected chi connectivity index (χ0v) is 20.9. The van der Waals surface area contributed by atoms with Crippen molar-refractivity contribution in [3.8, 4) is 0 Å². The lowest BCUT2D eigenvalue weighted by molar-refractivity contribution is -0.123. The number of thiazole rings is 1. The van der Waals surface area contributed by atoms with E-state index in [0.717, 1.165) is 42.0 Å². The highest BCUT2D eigenvalue weighted by molar-refractivity contribution is 7.07. The topological polar surface area (TPSA) is 68.2 Å². The second-order valence-electron chi connectivity index (χ2n) is 10.1. The molecule has 3 aromatic rings. The number of amides is 1. The normalized spacial score (nSPS) is 16.2. The number of aromatic nitrogens is 1. The summed E-state index contributed by atoms with van der Waals surface area (Å²) < 4.78 is 2.47. The van der Waals surface area contributed by atoms with Crippen LogP contribution in [0, 0.1) is 5.41 Å². The second-order valence-corrected chi connectivity index (χ2v) is 11.1. The number of hydrogen-bond acceptors (Lipinski definition) is 4. The fraction of sp³-hybridized carbons (Fsp3) is 0.393. The fourth-order valence-electron chi connectivity index (χ4n) is 4.30. The minimum absolute atomic E-state index is 0.0769. The van der Waals surface area contributed by atoms with Gasteiger partial charge >= 0.3 is 0 Å². The molecule has 1 saturated carbocycles. The maximum atomic E-state index is 13.4. The van der Waals surface area contributed by atoms with E-state index < -0.39 is 5.41 Å². The van der Waals surface area contributed by atoms with Gasteiger partial charge < -0.3 is 5.32 Å². The molecule has 1 aromatic heterocycles. The van der Waals surface area contributed by atoms with Gasteiger partial charge in [-0.15, -0.1) is 11.3 Å². The number of nitrogens with one attached hydrogen (secondary N) is 1. The van der Waals surface area contributed by atoms with Crippen LogP contribution in [0.1, 0.15) is 58.4 Å². The lowest BCUT2D eigenvalue weighted by Gasteiger charge is -2.22. The summed E-state index contributed by atoms with van der Waals surface area (Å²) in [6.07, 6.45) is 8.78. The predicted molar refractivity (Wildman–Crippen MR) is 139 cm³/mol. The molecule has 1 heterocycles. The molecule has 0 spiro atoms. The lowest BCUT2D eigenvalue weighted by atomic mass is 9.91. The largest absolute Gasteiger partial charge is 0.352 e. The third-order valence-electron chi connectivity index (χ3n) is 6.31. The molecule has 178 valence electrons. The minimum atomic E-state index is -0.575. The lowest BCUT2D eigenvalue weighted by Crippen LogP contribution is -2.42. The van der Waals surface area contributed by atoms with E-state index >= 15 is 0 Å². The number of carbonyl (C=O) groups excluding carboxylic acids is 2. The fourth-order valence-corrected chi connectivity index (χ4v) is 5.34. The van der Waals surface area contributed by atoms with E-state index in [2.05, 4.69) is 5.32 Å². The number of rotatable bonds is 5. The molecule has 1 aliphatic rings. The standard InChI is InChI=1S/C28H32N2O3S/c1-28(2,3)24(31)17-26-30(18-25(32)29-21-13-5-4-6-14-21)27(33)23(34-26)16-20-12-9-11-19-10-7-8-15-22(19)20/h7-12,15-17,21H,4-6,13-14,18H2,1-3H3,(H,29,32)/b23-16-,26-17+. The van der Waals surface area contributed by atoms with Gasteiger partial charge in [-0.2, -0.15) is 0 Å². The molecular weight excluding hydrogens is 444 g/mol.